The molecule has 21 heavy (non-hydrogen) atoms. The molecule has 128 valence electrons. The zero-order valence-corrected chi connectivity index (χ0v) is 17.3. The average Bonchev–Trinajstić information content (AvgIpc) is 2.45. The van der Waals surface area contributed by atoms with Crippen molar-refractivity contribution in [2.45, 2.75) is 74.3 Å². The van der Waals surface area contributed by atoms with E-state index in [1.165, 1.54) is 5.56 Å². The van der Waals surface area contributed by atoms with Crippen LogP contribution in [0, 0.1) is 7.43 Å². The minimum atomic E-state index is 0. The summed E-state index contributed by atoms with van der Waals surface area (Å²) in [6, 6.07) is 5.95. The maximum Gasteiger partial charge on any atom is 0.119 e. The van der Waals surface area contributed by atoms with Crippen molar-refractivity contribution in [3.8, 4) is 5.75 Å². The third-order valence-corrected chi connectivity index (χ3v) is 2.50. The molecule has 0 saturated carbocycles. The van der Waals surface area contributed by atoms with Gasteiger partial charge in [-0.3, -0.25) is 0 Å². The zero-order valence-electron chi connectivity index (χ0n) is 14.4. The van der Waals surface area contributed by atoms with E-state index in [1.54, 1.807) is 6.07 Å². The van der Waals surface area contributed by atoms with E-state index in [0.717, 1.165) is 24.8 Å². The van der Waals surface area contributed by atoms with Gasteiger partial charge < -0.3 is 18.3 Å². The second-order valence-electron chi connectivity index (χ2n) is 3.42. The number of hydrogen-bond donors (Lipinski definition) is 2. The van der Waals surface area contributed by atoms with Crippen molar-refractivity contribution in [3.05, 3.63) is 36.8 Å². The van der Waals surface area contributed by atoms with Gasteiger partial charge in [-0.25, -0.2) is 0 Å². The first-order valence-corrected chi connectivity index (χ1v) is 7.32. The van der Waals surface area contributed by atoms with Gasteiger partial charge in [0.25, 0.3) is 0 Å². The maximum absolute atomic E-state index is 9.50. The van der Waals surface area contributed by atoms with Crippen molar-refractivity contribution in [1.29, 1.82) is 0 Å². The van der Waals surface area contributed by atoms with Crippen molar-refractivity contribution in [2.75, 3.05) is 0 Å². The van der Waals surface area contributed by atoms with E-state index in [4.69, 9.17) is 5.73 Å². The maximum atomic E-state index is 9.50. The third-order valence-electron chi connectivity index (χ3n) is 2.50. The molecule has 1 aliphatic carbocycles. The van der Waals surface area contributed by atoms with Crippen molar-refractivity contribution >= 4 is 0 Å². The molecular weight excluding hydrogens is 430 g/mol. The molecule has 0 amide bonds. The topological polar surface area (TPSA) is 46.2 Å². The van der Waals surface area contributed by atoms with Gasteiger partial charge in [-0.2, -0.15) is 0 Å². The fourth-order valence-electron chi connectivity index (χ4n) is 1.82. The molecule has 3 heteroatoms. The van der Waals surface area contributed by atoms with Crippen LogP contribution < -0.4 is 5.73 Å². The summed E-state index contributed by atoms with van der Waals surface area (Å²) in [6.45, 7) is 12.0. The molecule has 0 fully saturated rings. The molecule has 0 aliphatic heterocycles. The number of phenols is 1. The average molecular weight is 468 g/mol. The molecule has 3 N–H and O–H groups in total. The van der Waals surface area contributed by atoms with Gasteiger partial charge in [0.1, 0.15) is 5.75 Å². The molecule has 1 atom stereocenters. The van der Waals surface area contributed by atoms with E-state index in [0.29, 0.717) is 5.75 Å². The van der Waals surface area contributed by atoms with E-state index >= 15 is 0 Å². The van der Waals surface area contributed by atoms with Crippen molar-refractivity contribution in [2.24, 2.45) is 5.73 Å². The Kier molecular flexibility index (Phi) is 34.1. The molecule has 1 aromatic rings. The van der Waals surface area contributed by atoms with E-state index in [2.05, 4.69) is 0 Å². The summed E-state index contributed by atoms with van der Waals surface area (Å²) < 4.78 is 0. The van der Waals surface area contributed by atoms with Gasteiger partial charge in [0.05, 0.1) is 0 Å². The summed E-state index contributed by atoms with van der Waals surface area (Å²) >= 11 is 0. The van der Waals surface area contributed by atoms with Crippen LogP contribution in [0.25, 0.3) is 0 Å². The molecule has 0 saturated heterocycles. The first-order valence-electron chi connectivity index (χ1n) is 7.32. The molecule has 1 aliphatic rings. The molecule has 1 aromatic carbocycles. The SMILES string of the molecule is C.CC.CC.CC.NC1CCc2c(O)cccc2C1.[CH3-].[W]. The first kappa shape index (κ1) is 32.6. The standard InChI is InChI=1S/C10H13NO.3C2H6.CH4.CH3.W/c11-8-4-5-9-7(6-8)2-1-3-10(9)12;3*1-2;;;/h1-3,8,12H,4-6,11H2;3*1-2H3;1H4;1H3;/q;;;;;-1;. The Morgan fingerprint density at radius 1 is 1.05 bits per heavy atom. The Morgan fingerprint density at radius 2 is 1.52 bits per heavy atom. The summed E-state index contributed by atoms with van der Waals surface area (Å²) in [5.41, 5.74) is 8.13. The minimum absolute atomic E-state index is 0. The van der Waals surface area contributed by atoms with Crippen LogP contribution in [0.3, 0.4) is 0 Å². The number of aromatic hydroxyl groups is 1. The normalized spacial score (nSPS) is 13.4. The summed E-state index contributed by atoms with van der Waals surface area (Å²) in [7, 11) is 0. The predicted octanol–water partition coefficient (Wildman–Crippen LogP) is 5.37. The van der Waals surface area contributed by atoms with Crippen LogP contribution in [0.15, 0.2) is 18.2 Å². The first-order chi connectivity index (χ1) is 8.77. The van der Waals surface area contributed by atoms with Crippen LogP contribution in [0.2, 0.25) is 0 Å². The summed E-state index contributed by atoms with van der Waals surface area (Å²) in [4.78, 5) is 0. The number of nitrogens with two attached hydrogens (primary N) is 1. The van der Waals surface area contributed by atoms with Crippen LogP contribution in [0.4, 0.5) is 0 Å². The zero-order chi connectivity index (χ0) is 14.6. The number of phenolic OH excluding ortho intramolecular Hbond substituents is 1. The van der Waals surface area contributed by atoms with Gasteiger partial charge in [0, 0.05) is 27.1 Å². The van der Waals surface area contributed by atoms with Crippen LogP contribution in [0.5, 0.6) is 5.75 Å². The fraction of sp³-hybridized carbons (Fsp3) is 0.611. The minimum Gasteiger partial charge on any atom is -0.508 e. The monoisotopic (exact) mass is 468 g/mol. The quantitative estimate of drug-likeness (QED) is 0.503. The Bertz CT molecular complexity index is 303. The smallest absolute Gasteiger partial charge is 0.119 e. The fourth-order valence-corrected chi connectivity index (χ4v) is 1.82. The van der Waals surface area contributed by atoms with Gasteiger partial charge >= 0.3 is 0 Å². The van der Waals surface area contributed by atoms with E-state index < -0.39 is 0 Å². The number of fused-ring (bicyclic) bond motifs is 1. The Balaban J connectivity index is -0.0000000855. The third kappa shape index (κ3) is 11.9. The molecule has 0 radical (unpaired) electrons. The van der Waals surface area contributed by atoms with Crippen LogP contribution in [-0.2, 0) is 33.9 Å². The largest absolute Gasteiger partial charge is 0.508 e. The van der Waals surface area contributed by atoms with E-state index in [9.17, 15) is 5.11 Å². The predicted molar refractivity (Wildman–Crippen MR) is 95.3 cm³/mol. The molecule has 0 spiro atoms. The second-order valence-corrected chi connectivity index (χ2v) is 3.42. The molecule has 0 aromatic heterocycles. The van der Waals surface area contributed by atoms with Crippen LogP contribution in [-0.4, -0.2) is 11.1 Å². The summed E-state index contributed by atoms with van der Waals surface area (Å²) in [5, 5.41) is 9.50. The molecule has 2 nitrogen and oxygen atoms in total. The summed E-state index contributed by atoms with van der Waals surface area (Å²) in [6.07, 6.45) is 2.82. The number of benzene rings is 1. The van der Waals surface area contributed by atoms with Crippen molar-refractivity contribution in [1.82, 2.24) is 0 Å². The van der Waals surface area contributed by atoms with Gasteiger partial charge in [0.15, 0.2) is 0 Å². The number of hydrogen-bond acceptors (Lipinski definition) is 2. The molecule has 2 rings (SSSR count). The summed E-state index contributed by atoms with van der Waals surface area (Å²) in [5.74, 6) is 0.430. The van der Waals surface area contributed by atoms with Gasteiger partial charge in [0.2, 0.25) is 0 Å². The Labute approximate surface area is 148 Å². The molecule has 0 heterocycles. The van der Waals surface area contributed by atoms with Gasteiger partial charge in [-0.15, -0.1) is 0 Å². The molecule has 1 unspecified atom stereocenters. The van der Waals surface area contributed by atoms with Gasteiger partial charge in [-0.1, -0.05) is 61.1 Å². The second kappa shape index (κ2) is 22.0. The Morgan fingerprint density at radius 3 is 2.00 bits per heavy atom. The van der Waals surface area contributed by atoms with Crippen LogP contribution >= 0.6 is 0 Å². The Hall–Kier alpha value is -0.332. The van der Waals surface area contributed by atoms with Crippen LogP contribution in [0.1, 0.15) is 66.5 Å². The van der Waals surface area contributed by atoms with E-state index in [-0.39, 0.29) is 42.0 Å². The van der Waals surface area contributed by atoms with Crippen molar-refractivity contribution < 1.29 is 26.2 Å². The van der Waals surface area contributed by atoms with Crippen molar-refractivity contribution in [3.63, 3.8) is 0 Å². The van der Waals surface area contributed by atoms with E-state index in [1.807, 2.05) is 53.7 Å². The molecule has 0 bridgehead atoms. The van der Waals surface area contributed by atoms with Gasteiger partial charge in [-0.05, 0) is 36.5 Å². The molecular formula is C18H38NOW-. The number of rotatable bonds is 0.